The predicted molar refractivity (Wildman–Crippen MR) is 123 cm³/mol. The first-order valence-corrected chi connectivity index (χ1v) is 10.7. The van der Waals surface area contributed by atoms with Crippen molar-refractivity contribution in [1.29, 1.82) is 0 Å². The monoisotopic (exact) mass is 454 g/mol. The second kappa shape index (κ2) is 11.5. The number of furan rings is 1. The fraction of sp³-hybridized carbons (Fsp3) is 0.280. The summed E-state index contributed by atoms with van der Waals surface area (Å²) in [4.78, 5) is 29.6. The third-order valence-electron chi connectivity index (χ3n) is 4.96. The number of hydrogen-bond donors (Lipinski definition) is 0. The van der Waals surface area contributed by atoms with E-state index in [-0.39, 0.29) is 24.9 Å². The first-order chi connectivity index (χ1) is 15.5. The third-order valence-corrected chi connectivity index (χ3v) is 5.20. The summed E-state index contributed by atoms with van der Waals surface area (Å²) in [5.74, 6) is 1.02. The molecule has 7 heteroatoms. The van der Waals surface area contributed by atoms with Crippen molar-refractivity contribution in [1.82, 2.24) is 9.80 Å². The van der Waals surface area contributed by atoms with Crippen molar-refractivity contribution in [2.24, 2.45) is 0 Å². The van der Waals surface area contributed by atoms with Crippen LogP contribution in [0, 0.1) is 6.92 Å². The van der Waals surface area contributed by atoms with E-state index in [9.17, 15) is 9.59 Å². The summed E-state index contributed by atoms with van der Waals surface area (Å²) in [7, 11) is 1.56. The molecule has 0 saturated heterocycles. The van der Waals surface area contributed by atoms with Gasteiger partial charge in [0.2, 0.25) is 5.91 Å². The molecule has 0 radical (unpaired) electrons. The van der Waals surface area contributed by atoms with Crippen LogP contribution >= 0.6 is 11.6 Å². The molecule has 6 nitrogen and oxygen atoms in total. The summed E-state index contributed by atoms with van der Waals surface area (Å²) in [6, 6.07) is 20.2. The number of hydrogen-bond acceptors (Lipinski definition) is 4. The molecule has 0 aliphatic rings. The highest BCUT2D eigenvalue weighted by Crippen LogP contribution is 2.16. The number of benzene rings is 2. The zero-order valence-electron chi connectivity index (χ0n) is 18.3. The lowest BCUT2D eigenvalue weighted by Crippen LogP contribution is -2.43. The van der Waals surface area contributed by atoms with Crippen molar-refractivity contribution in [3.8, 4) is 0 Å². The lowest BCUT2D eigenvalue weighted by Gasteiger charge is -2.27. The maximum Gasteiger partial charge on any atom is 0.254 e. The summed E-state index contributed by atoms with van der Waals surface area (Å²) in [5, 5.41) is 0.466. The molecular formula is C25H27ClN2O4. The number of methoxy groups -OCH3 is 1. The van der Waals surface area contributed by atoms with Gasteiger partial charge < -0.3 is 19.0 Å². The van der Waals surface area contributed by atoms with Gasteiger partial charge in [0.1, 0.15) is 18.1 Å². The highest BCUT2D eigenvalue weighted by Gasteiger charge is 2.23. The van der Waals surface area contributed by atoms with Crippen molar-refractivity contribution in [3.05, 3.63) is 94.4 Å². The molecule has 3 aromatic rings. The molecule has 0 aliphatic carbocycles. The Kier molecular flexibility index (Phi) is 8.48. The van der Waals surface area contributed by atoms with Gasteiger partial charge in [-0.3, -0.25) is 9.59 Å². The zero-order valence-corrected chi connectivity index (χ0v) is 19.0. The number of ether oxygens (including phenoxy) is 1. The summed E-state index contributed by atoms with van der Waals surface area (Å²) < 4.78 is 10.9. The van der Waals surface area contributed by atoms with Gasteiger partial charge in [-0.15, -0.1) is 0 Å². The smallest absolute Gasteiger partial charge is 0.254 e. The van der Waals surface area contributed by atoms with Crippen molar-refractivity contribution in [2.75, 3.05) is 26.8 Å². The number of amides is 2. The molecule has 1 heterocycles. The fourth-order valence-electron chi connectivity index (χ4n) is 3.32. The number of aryl methyl sites for hydroxylation is 1. The van der Waals surface area contributed by atoms with Crippen LogP contribution < -0.4 is 0 Å². The Morgan fingerprint density at radius 1 is 0.969 bits per heavy atom. The average Bonchev–Trinajstić information content (AvgIpc) is 3.20. The summed E-state index contributed by atoms with van der Waals surface area (Å²) >= 11 is 6.06. The van der Waals surface area contributed by atoms with Gasteiger partial charge in [-0.2, -0.15) is 0 Å². The highest BCUT2D eigenvalue weighted by atomic mass is 35.5. The third kappa shape index (κ3) is 6.70. The van der Waals surface area contributed by atoms with Crippen LogP contribution in [-0.4, -0.2) is 48.4 Å². The number of carbonyl (C=O) groups is 2. The molecule has 32 heavy (non-hydrogen) atoms. The molecule has 0 bridgehead atoms. The molecule has 0 N–H and O–H groups in total. The number of rotatable bonds is 10. The standard InChI is InChI=1S/C25H27ClN2O4/c1-19-11-12-23(32-19)17-28(16-20-7-4-3-5-8-20)24(29)18-27(13-14-31-2)25(30)21-9-6-10-22(26)15-21/h3-12,15H,13-14,16-18H2,1-2H3. The van der Waals surface area contributed by atoms with Gasteiger partial charge in [0, 0.05) is 30.8 Å². The highest BCUT2D eigenvalue weighted by molar-refractivity contribution is 6.31. The normalized spacial score (nSPS) is 10.7. The molecule has 2 amide bonds. The Hall–Kier alpha value is -3.09. The van der Waals surface area contributed by atoms with Crippen LogP contribution in [0.1, 0.15) is 27.4 Å². The lowest BCUT2D eigenvalue weighted by atomic mass is 10.2. The summed E-state index contributed by atoms with van der Waals surface area (Å²) in [5.41, 5.74) is 1.42. The first-order valence-electron chi connectivity index (χ1n) is 10.4. The maximum absolute atomic E-state index is 13.4. The Balaban J connectivity index is 1.80. The van der Waals surface area contributed by atoms with Crippen molar-refractivity contribution >= 4 is 23.4 Å². The maximum atomic E-state index is 13.4. The van der Waals surface area contributed by atoms with Crippen molar-refractivity contribution in [2.45, 2.75) is 20.0 Å². The average molecular weight is 455 g/mol. The Labute approximate surface area is 193 Å². The van der Waals surface area contributed by atoms with Gasteiger partial charge in [-0.25, -0.2) is 0 Å². The minimum absolute atomic E-state index is 0.0821. The SMILES string of the molecule is COCCN(CC(=O)N(Cc1ccccc1)Cc1ccc(C)o1)C(=O)c1cccc(Cl)c1. The molecule has 2 aromatic carbocycles. The minimum Gasteiger partial charge on any atom is -0.464 e. The number of carbonyl (C=O) groups excluding carboxylic acids is 2. The second-order valence-corrected chi connectivity index (χ2v) is 7.91. The Morgan fingerprint density at radius 3 is 2.41 bits per heavy atom. The van der Waals surface area contributed by atoms with E-state index in [1.54, 1.807) is 36.3 Å². The van der Waals surface area contributed by atoms with Crippen molar-refractivity contribution in [3.63, 3.8) is 0 Å². The van der Waals surface area contributed by atoms with Gasteiger partial charge in [-0.1, -0.05) is 48.0 Å². The van der Waals surface area contributed by atoms with Crippen LogP contribution in [0.25, 0.3) is 0 Å². The first kappa shape index (κ1) is 23.6. The van der Waals surface area contributed by atoms with E-state index in [4.69, 9.17) is 20.8 Å². The van der Waals surface area contributed by atoms with E-state index in [1.165, 1.54) is 4.90 Å². The Bertz CT molecular complexity index is 1040. The van der Waals surface area contributed by atoms with Crippen LogP contribution in [0.4, 0.5) is 0 Å². The molecular weight excluding hydrogens is 428 g/mol. The molecule has 0 atom stereocenters. The molecule has 3 rings (SSSR count). The lowest BCUT2D eigenvalue weighted by molar-refractivity contribution is -0.133. The van der Waals surface area contributed by atoms with E-state index in [0.29, 0.717) is 36.0 Å². The molecule has 168 valence electrons. The summed E-state index contributed by atoms with van der Waals surface area (Å²) in [6.07, 6.45) is 0. The minimum atomic E-state index is -0.272. The Morgan fingerprint density at radius 2 is 1.75 bits per heavy atom. The van der Waals surface area contributed by atoms with Gasteiger partial charge in [-0.05, 0) is 42.8 Å². The van der Waals surface area contributed by atoms with E-state index in [1.807, 2.05) is 49.4 Å². The van der Waals surface area contributed by atoms with Crippen LogP contribution in [0.2, 0.25) is 5.02 Å². The van der Waals surface area contributed by atoms with Crippen LogP contribution in [0.15, 0.2) is 71.1 Å². The predicted octanol–water partition coefficient (Wildman–Crippen LogP) is 4.56. The van der Waals surface area contributed by atoms with E-state index < -0.39 is 0 Å². The molecule has 0 spiro atoms. The van der Waals surface area contributed by atoms with Crippen LogP contribution in [0.5, 0.6) is 0 Å². The largest absolute Gasteiger partial charge is 0.464 e. The van der Waals surface area contributed by atoms with Gasteiger partial charge >= 0.3 is 0 Å². The van der Waals surface area contributed by atoms with E-state index >= 15 is 0 Å². The number of halogens is 1. The molecule has 0 fully saturated rings. The van der Waals surface area contributed by atoms with Crippen LogP contribution in [-0.2, 0) is 22.6 Å². The molecule has 0 saturated carbocycles. The second-order valence-electron chi connectivity index (χ2n) is 7.48. The number of nitrogens with zero attached hydrogens (tertiary/aromatic N) is 2. The van der Waals surface area contributed by atoms with Crippen LogP contribution in [0.3, 0.4) is 0 Å². The topological polar surface area (TPSA) is 63.0 Å². The summed E-state index contributed by atoms with van der Waals surface area (Å²) in [6.45, 7) is 3.10. The molecule has 0 unspecified atom stereocenters. The van der Waals surface area contributed by atoms with E-state index in [2.05, 4.69) is 0 Å². The van der Waals surface area contributed by atoms with Gasteiger partial charge in [0.25, 0.3) is 5.91 Å². The molecule has 0 aliphatic heterocycles. The van der Waals surface area contributed by atoms with Gasteiger partial charge in [0.05, 0.1) is 13.2 Å². The van der Waals surface area contributed by atoms with Crippen molar-refractivity contribution < 1.29 is 18.7 Å². The van der Waals surface area contributed by atoms with Gasteiger partial charge in [0.15, 0.2) is 0 Å². The zero-order chi connectivity index (χ0) is 22.9. The molecule has 1 aromatic heterocycles. The van der Waals surface area contributed by atoms with E-state index in [0.717, 1.165) is 11.3 Å². The fourth-order valence-corrected chi connectivity index (χ4v) is 3.51. The quantitative estimate of drug-likeness (QED) is 0.450.